The molecule has 0 unspecified atom stereocenters. The van der Waals surface area contributed by atoms with Gasteiger partial charge in [0.2, 0.25) is 0 Å². The average Bonchev–Trinajstić information content (AvgIpc) is 3.79. The van der Waals surface area contributed by atoms with E-state index in [0.29, 0.717) is 0 Å². The van der Waals surface area contributed by atoms with Gasteiger partial charge in [0.25, 0.3) is 0 Å². The van der Waals surface area contributed by atoms with E-state index in [9.17, 15) is 0 Å². The zero-order valence-electron chi connectivity index (χ0n) is 40.2. The summed E-state index contributed by atoms with van der Waals surface area (Å²) in [6.45, 7) is 2.30. The van der Waals surface area contributed by atoms with Gasteiger partial charge in [0.1, 0.15) is 0 Å². The van der Waals surface area contributed by atoms with E-state index in [1.165, 1.54) is 127 Å². The Kier molecular flexibility index (Phi) is 11.0. The highest BCUT2D eigenvalue weighted by Gasteiger charge is 2.25. The first-order valence-corrected chi connectivity index (χ1v) is 25.3. The second-order valence-corrected chi connectivity index (χ2v) is 19.0. The Bertz CT molecular complexity index is 4000. The largest absolute Gasteiger partial charge is 0.309 e. The Balaban J connectivity index is 0.991. The second-order valence-electron chi connectivity index (χ2n) is 19.0. The van der Waals surface area contributed by atoms with Gasteiger partial charge in [-0.25, -0.2) is 0 Å². The molecular formula is C71H51N. The van der Waals surface area contributed by atoms with Crippen molar-refractivity contribution < 1.29 is 0 Å². The fourth-order valence-corrected chi connectivity index (χ4v) is 11.6. The first-order valence-electron chi connectivity index (χ1n) is 25.3. The normalized spacial score (nSPS) is 11.6. The molecule has 13 rings (SSSR count). The quantitative estimate of drug-likeness (QED) is 0.0952. The third-order valence-electron chi connectivity index (χ3n) is 14.9. The van der Waals surface area contributed by atoms with E-state index < -0.39 is 0 Å². The minimum atomic E-state index is -0.0195. The fourth-order valence-electron chi connectivity index (χ4n) is 11.6. The van der Waals surface area contributed by atoms with Crippen molar-refractivity contribution in [3.63, 3.8) is 0 Å². The van der Waals surface area contributed by atoms with Gasteiger partial charge in [-0.1, -0.05) is 244 Å². The van der Waals surface area contributed by atoms with E-state index in [2.05, 4.69) is 284 Å². The molecule has 340 valence electrons. The van der Waals surface area contributed by atoms with Crippen LogP contribution < -0.4 is 0 Å². The molecule has 0 saturated heterocycles. The maximum absolute atomic E-state index is 2.52. The van der Waals surface area contributed by atoms with Crippen molar-refractivity contribution >= 4 is 43.4 Å². The van der Waals surface area contributed by atoms with Crippen LogP contribution >= 0.6 is 0 Å². The summed E-state index contributed by atoms with van der Waals surface area (Å²) in [5.41, 5.74) is 21.1. The molecule has 12 aromatic carbocycles. The molecule has 1 heterocycles. The summed E-state index contributed by atoms with van der Waals surface area (Å²) in [5, 5.41) is 7.52. The molecule has 0 aliphatic carbocycles. The molecule has 1 aromatic heterocycles. The summed E-state index contributed by atoms with van der Waals surface area (Å²) < 4.78 is 2.46. The Morgan fingerprint density at radius 1 is 0.306 bits per heavy atom. The predicted molar refractivity (Wildman–Crippen MR) is 306 cm³/mol. The molecule has 0 aliphatic heterocycles. The third kappa shape index (κ3) is 7.50. The smallest absolute Gasteiger partial charge is 0.0541 e. The SMILES string of the molecule is CCc1cc(-n2c3ccccc3c3cc(-c4ccc(-c5ccccc5)cc4)ccc32)ccc1-c1ccc(-c2c3ccccc3c(-c3ccccc3)c3ccccc23)cc1C(c1ccccc1)c1ccccc1. The van der Waals surface area contributed by atoms with Crippen molar-refractivity contribution in [3.8, 4) is 61.3 Å². The van der Waals surface area contributed by atoms with Crippen LogP contribution in [0, 0.1) is 0 Å². The summed E-state index contributed by atoms with van der Waals surface area (Å²) in [6.07, 6.45) is 0.877. The summed E-state index contributed by atoms with van der Waals surface area (Å²) in [4.78, 5) is 0. The zero-order valence-corrected chi connectivity index (χ0v) is 40.2. The highest BCUT2D eigenvalue weighted by Crippen LogP contribution is 2.47. The number of aromatic nitrogens is 1. The van der Waals surface area contributed by atoms with Crippen LogP contribution in [-0.2, 0) is 6.42 Å². The Morgan fingerprint density at radius 3 is 1.32 bits per heavy atom. The molecule has 0 aliphatic rings. The number of rotatable bonds is 10. The van der Waals surface area contributed by atoms with Gasteiger partial charge >= 0.3 is 0 Å². The van der Waals surface area contributed by atoms with Gasteiger partial charge in [-0.15, -0.1) is 0 Å². The van der Waals surface area contributed by atoms with Gasteiger partial charge in [0.15, 0.2) is 0 Å². The molecule has 1 heteroatoms. The van der Waals surface area contributed by atoms with E-state index in [1.807, 2.05) is 0 Å². The first-order chi connectivity index (χ1) is 35.7. The van der Waals surface area contributed by atoms with Crippen LogP contribution in [0.5, 0.6) is 0 Å². The number of nitrogens with zero attached hydrogens (tertiary/aromatic N) is 1. The molecule has 0 amide bonds. The lowest BCUT2D eigenvalue weighted by atomic mass is 9.78. The number of benzene rings is 12. The number of hydrogen-bond donors (Lipinski definition) is 0. The maximum Gasteiger partial charge on any atom is 0.0541 e. The molecule has 0 radical (unpaired) electrons. The van der Waals surface area contributed by atoms with Crippen LogP contribution in [0.1, 0.15) is 35.1 Å². The Hall–Kier alpha value is -9.04. The topological polar surface area (TPSA) is 4.93 Å². The van der Waals surface area contributed by atoms with Crippen LogP contribution in [0.25, 0.3) is 105 Å². The van der Waals surface area contributed by atoms with Gasteiger partial charge in [-0.3, -0.25) is 0 Å². The van der Waals surface area contributed by atoms with Crippen molar-refractivity contribution in [2.75, 3.05) is 0 Å². The van der Waals surface area contributed by atoms with Crippen molar-refractivity contribution in [1.82, 2.24) is 4.57 Å². The molecule has 0 spiro atoms. The minimum absolute atomic E-state index is 0.0195. The molecule has 0 N–H and O–H groups in total. The molecule has 0 atom stereocenters. The summed E-state index contributed by atoms with van der Waals surface area (Å²) in [5.74, 6) is -0.0195. The maximum atomic E-state index is 2.52. The lowest BCUT2D eigenvalue weighted by Gasteiger charge is -2.25. The molecule has 1 nitrogen and oxygen atoms in total. The number of fused-ring (bicyclic) bond motifs is 5. The van der Waals surface area contributed by atoms with Crippen molar-refractivity contribution in [3.05, 3.63) is 295 Å². The lowest BCUT2D eigenvalue weighted by Crippen LogP contribution is -2.07. The van der Waals surface area contributed by atoms with E-state index in [-0.39, 0.29) is 5.92 Å². The van der Waals surface area contributed by atoms with Crippen molar-refractivity contribution in [1.29, 1.82) is 0 Å². The first kappa shape index (κ1) is 43.0. The van der Waals surface area contributed by atoms with Crippen LogP contribution in [-0.4, -0.2) is 4.57 Å². The Labute approximate surface area is 421 Å². The highest BCUT2D eigenvalue weighted by atomic mass is 15.0. The van der Waals surface area contributed by atoms with Crippen molar-refractivity contribution in [2.45, 2.75) is 19.3 Å². The molecule has 0 fully saturated rings. The van der Waals surface area contributed by atoms with Crippen LogP contribution in [0.15, 0.2) is 273 Å². The molecule has 72 heavy (non-hydrogen) atoms. The number of aryl methyl sites for hydroxylation is 1. The second kappa shape index (κ2) is 18.4. The van der Waals surface area contributed by atoms with E-state index >= 15 is 0 Å². The number of para-hydroxylation sites is 1. The fraction of sp³-hybridized carbons (Fsp3) is 0.0423. The monoisotopic (exact) mass is 917 g/mol. The van der Waals surface area contributed by atoms with E-state index in [0.717, 1.165) is 6.42 Å². The summed E-state index contributed by atoms with van der Waals surface area (Å²) >= 11 is 0. The molecule has 0 bridgehead atoms. The standard InChI is InChI=1S/C71H51N/c1-2-48-45-57(72-67-34-20-19-29-60(67)65-46-55(40-44-68(65)72)51-37-35-50(36-38-51)49-21-7-3-8-22-49)41-43-58(48)59-42-39-56(47-66(59)69(52-23-9-4-10-24-52)53-25-11-5-12-26-53)71-63-32-17-15-30-61(63)70(54-27-13-6-14-28-54)62-31-16-18-33-64(62)71/h3-47,69H,2H2,1H3. The Morgan fingerprint density at radius 2 is 0.736 bits per heavy atom. The average molecular weight is 918 g/mol. The molecule has 0 saturated carbocycles. The van der Waals surface area contributed by atoms with Gasteiger partial charge in [0.05, 0.1) is 11.0 Å². The van der Waals surface area contributed by atoms with Gasteiger partial charge < -0.3 is 4.57 Å². The molecule has 13 aromatic rings. The molecular weight excluding hydrogens is 867 g/mol. The van der Waals surface area contributed by atoms with Crippen molar-refractivity contribution in [2.24, 2.45) is 0 Å². The predicted octanol–water partition coefficient (Wildman–Crippen LogP) is 19.2. The van der Waals surface area contributed by atoms with E-state index in [1.54, 1.807) is 0 Å². The van der Waals surface area contributed by atoms with Gasteiger partial charge in [-0.05, 0) is 142 Å². The zero-order chi connectivity index (χ0) is 48.0. The summed E-state index contributed by atoms with van der Waals surface area (Å²) in [7, 11) is 0. The van der Waals surface area contributed by atoms with E-state index in [4.69, 9.17) is 0 Å². The van der Waals surface area contributed by atoms with Gasteiger partial charge in [-0.2, -0.15) is 0 Å². The lowest BCUT2D eigenvalue weighted by molar-refractivity contribution is 0.978. The van der Waals surface area contributed by atoms with Crippen LogP contribution in [0.4, 0.5) is 0 Å². The third-order valence-corrected chi connectivity index (χ3v) is 14.9. The van der Waals surface area contributed by atoms with Gasteiger partial charge in [0, 0.05) is 22.4 Å². The van der Waals surface area contributed by atoms with Crippen LogP contribution in [0.3, 0.4) is 0 Å². The number of hydrogen-bond acceptors (Lipinski definition) is 0. The highest BCUT2D eigenvalue weighted by molar-refractivity contribution is 6.21. The summed E-state index contributed by atoms with van der Waals surface area (Å²) in [6, 6.07) is 101. The van der Waals surface area contributed by atoms with Crippen LogP contribution in [0.2, 0.25) is 0 Å². The minimum Gasteiger partial charge on any atom is -0.309 e.